The van der Waals surface area contributed by atoms with Gasteiger partial charge in [0.05, 0.1) is 13.2 Å². The maximum absolute atomic E-state index is 12.3. The summed E-state index contributed by atoms with van der Waals surface area (Å²) in [6.45, 7) is 7.36. The molecular weight excluding hydrogens is 280 g/mol. The van der Waals surface area contributed by atoms with Gasteiger partial charge >= 0.3 is 11.9 Å². The van der Waals surface area contributed by atoms with E-state index in [1.54, 1.807) is 20.8 Å². The van der Waals surface area contributed by atoms with Gasteiger partial charge in [-0.25, -0.2) is 0 Å². The van der Waals surface area contributed by atoms with Crippen LogP contribution in [0.25, 0.3) is 5.57 Å². The molecule has 1 aromatic carbocycles. The first-order chi connectivity index (χ1) is 10.5. The highest BCUT2D eigenvalue weighted by molar-refractivity contribution is 6.01. The zero-order valence-corrected chi connectivity index (χ0v) is 13.7. The molecule has 4 heteroatoms. The second-order valence-electron chi connectivity index (χ2n) is 5.13. The van der Waals surface area contributed by atoms with Crippen molar-refractivity contribution in [2.75, 3.05) is 13.2 Å². The van der Waals surface area contributed by atoms with Crippen LogP contribution in [-0.4, -0.2) is 25.2 Å². The smallest absolute Gasteiger partial charge is 0.323 e. The Morgan fingerprint density at radius 3 is 1.95 bits per heavy atom. The Hall–Kier alpha value is -2.10. The summed E-state index contributed by atoms with van der Waals surface area (Å²) in [5.41, 5.74) is 0.540. The Bertz CT molecular complexity index is 513. The number of allylic oxidation sites excluding steroid dienone is 2. The molecule has 0 aliphatic carbocycles. The quantitative estimate of drug-likeness (QED) is 0.570. The Morgan fingerprint density at radius 2 is 1.55 bits per heavy atom. The molecule has 0 saturated heterocycles. The molecule has 1 rings (SSSR count). The first kappa shape index (κ1) is 18.0. The first-order valence-corrected chi connectivity index (χ1v) is 7.54. The van der Waals surface area contributed by atoms with Crippen LogP contribution in [-0.2, 0) is 19.1 Å². The number of rotatable bonds is 7. The maximum atomic E-state index is 12.3. The van der Waals surface area contributed by atoms with Gasteiger partial charge in [0, 0.05) is 0 Å². The Balaban J connectivity index is 3.11. The van der Waals surface area contributed by atoms with Crippen molar-refractivity contribution in [3.8, 4) is 0 Å². The maximum Gasteiger partial charge on any atom is 0.323 e. The first-order valence-electron chi connectivity index (χ1n) is 7.54. The fraction of sp³-hybridized carbons (Fsp3) is 0.444. The zero-order chi connectivity index (χ0) is 16.6. The number of hydrogen-bond acceptors (Lipinski definition) is 4. The van der Waals surface area contributed by atoms with E-state index in [1.165, 1.54) is 0 Å². The highest BCUT2D eigenvalue weighted by Crippen LogP contribution is 2.34. The van der Waals surface area contributed by atoms with Crippen molar-refractivity contribution < 1.29 is 19.1 Å². The van der Waals surface area contributed by atoms with E-state index in [2.05, 4.69) is 0 Å². The Labute approximate surface area is 132 Å². The lowest BCUT2D eigenvalue weighted by Crippen LogP contribution is -2.39. The summed E-state index contributed by atoms with van der Waals surface area (Å²) in [5.74, 6) is -1.10. The van der Waals surface area contributed by atoms with E-state index < -0.39 is 17.4 Å². The summed E-state index contributed by atoms with van der Waals surface area (Å²) in [7, 11) is 0. The summed E-state index contributed by atoms with van der Waals surface area (Å²) in [5, 5.41) is 0. The molecule has 4 nitrogen and oxygen atoms in total. The molecule has 0 unspecified atom stereocenters. The zero-order valence-electron chi connectivity index (χ0n) is 13.7. The van der Waals surface area contributed by atoms with Crippen molar-refractivity contribution in [2.45, 2.75) is 34.1 Å². The molecular formula is C18H24O4. The number of ether oxygens (including phenoxy) is 2. The van der Waals surface area contributed by atoms with Gasteiger partial charge in [-0.15, -0.1) is 0 Å². The lowest BCUT2D eigenvalue weighted by Gasteiger charge is -2.26. The van der Waals surface area contributed by atoms with Gasteiger partial charge < -0.3 is 9.47 Å². The van der Waals surface area contributed by atoms with Crippen LogP contribution in [0.15, 0.2) is 36.4 Å². The van der Waals surface area contributed by atoms with Crippen molar-refractivity contribution in [2.24, 2.45) is 5.41 Å². The molecule has 0 atom stereocenters. The molecule has 0 aliphatic heterocycles. The monoisotopic (exact) mass is 304 g/mol. The molecule has 1 aromatic rings. The van der Waals surface area contributed by atoms with Crippen LogP contribution in [0.1, 0.15) is 39.7 Å². The number of esters is 2. The molecule has 22 heavy (non-hydrogen) atoms. The largest absolute Gasteiger partial charge is 0.465 e. The Morgan fingerprint density at radius 1 is 1.05 bits per heavy atom. The predicted molar refractivity (Wildman–Crippen MR) is 86.1 cm³/mol. The minimum atomic E-state index is -1.34. The second-order valence-corrected chi connectivity index (χ2v) is 5.13. The van der Waals surface area contributed by atoms with Crippen LogP contribution in [0.5, 0.6) is 0 Å². The molecule has 0 aliphatic rings. The molecule has 0 fully saturated rings. The summed E-state index contributed by atoms with van der Waals surface area (Å²) >= 11 is 0. The highest BCUT2D eigenvalue weighted by atomic mass is 16.6. The molecule has 0 radical (unpaired) electrons. The van der Waals surface area contributed by atoms with Crippen LogP contribution < -0.4 is 0 Å². The second kappa shape index (κ2) is 8.37. The molecule has 0 bridgehead atoms. The fourth-order valence-corrected chi connectivity index (χ4v) is 2.21. The van der Waals surface area contributed by atoms with Gasteiger partial charge in [-0.2, -0.15) is 0 Å². The van der Waals surface area contributed by atoms with Crippen molar-refractivity contribution in [1.29, 1.82) is 0 Å². The lowest BCUT2D eigenvalue weighted by atomic mass is 9.81. The summed E-state index contributed by atoms with van der Waals surface area (Å²) in [6.07, 6.45) is 2.15. The van der Waals surface area contributed by atoms with Crippen LogP contribution in [0, 0.1) is 5.41 Å². The minimum absolute atomic E-state index is 0.227. The lowest BCUT2D eigenvalue weighted by molar-refractivity contribution is -0.170. The van der Waals surface area contributed by atoms with Crippen LogP contribution in [0.2, 0.25) is 0 Å². The minimum Gasteiger partial charge on any atom is -0.465 e. The van der Waals surface area contributed by atoms with E-state index in [9.17, 15) is 9.59 Å². The Kier molecular flexibility index (Phi) is 6.83. The van der Waals surface area contributed by atoms with Gasteiger partial charge in [0.25, 0.3) is 0 Å². The SMILES string of the molecule is CC=C(CC(C)(C(=O)OCC)C(=O)OCC)c1ccccc1. The molecule has 0 N–H and O–H groups in total. The molecule has 0 spiro atoms. The van der Waals surface area contributed by atoms with Crippen molar-refractivity contribution in [1.82, 2.24) is 0 Å². The van der Waals surface area contributed by atoms with E-state index in [4.69, 9.17) is 9.47 Å². The van der Waals surface area contributed by atoms with E-state index in [0.717, 1.165) is 11.1 Å². The highest BCUT2D eigenvalue weighted by Gasteiger charge is 2.44. The van der Waals surface area contributed by atoms with E-state index in [0.29, 0.717) is 0 Å². The third-order valence-corrected chi connectivity index (χ3v) is 3.49. The molecule has 120 valence electrons. The van der Waals surface area contributed by atoms with E-state index in [-0.39, 0.29) is 19.6 Å². The topological polar surface area (TPSA) is 52.6 Å². The third-order valence-electron chi connectivity index (χ3n) is 3.49. The standard InChI is InChI=1S/C18H24O4/c1-5-14(15-11-9-8-10-12-15)13-18(4,16(19)21-6-2)17(20)22-7-3/h5,8-12H,6-7,13H2,1-4H3. The van der Waals surface area contributed by atoms with Gasteiger partial charge in [0.15, 0.2) is 5.41 Å². The van der Waals surface area contributed by atoms with E-state index in [1.807, 2.05) is 43.3 Å². The third kappa shape index (κ3) is 4.20. The van der Waals surface area contributed by atoms with E-state index >= 15 is 0 Å². The fourth-order valence-electron chi connectivity index (χ4n) is 2.21. The average Bonchev–Trinajstić information content (AvgIpc) is 2.53. The van der Waals surface area contributed by atoms with Crippen LogP contribution >= 0.6 is 0 Å². The van der Waals surface area contributed by atoms with Crippen LogP contribution in [0.4, 0.5) is 0 Å². The number of carbonyl (C=O) groups excluding carboxylic acids is 2. The summed E-state index contributed by atoms with van der Waals surface area (Å²) in [6, 6.07) is 9.67. The normalized spacial score (nSPS) is 11.9. The molecule has 0 heterocycles. The van der Waals surface area contributed by atoms with Gasteiger partial charge in [0.1, 0.15) is 0 Å². The van der Waals surface area contributed by atoms with Crippen LogP contribution in [0.3, 0.4) is 0 Å². The molecule has 0 saturated carbocycles. The van der Waals surface area contributed by atoms with Crippen molar-refractivity contribution in [3.63, 3.8) is 0 Å². The van der Waals surface area contributed by atoms with Gasteiger partial charge in [-0.05, 0) is 45.3 Å². The molecule has 0 amide bonds. The number of hydrogen-bond donors (Lipinski definition) is 0. The number of carbonyl (C=O) groups is 2. The molecule has 0 aromatic heterocycles. The predicted octanol–water partition coefficient (Wildman–Crippen LogP) is 3.61. The van der Waals surface area contributed by atoms with Crippen molar-refractivity contribution in [3.05, 3.63) is 42.0 Å². The van der Waals surface area contributed by atoms with Gasteiger partial charge in [-0.1, -0.05) is 36.4 Å². The summed E-state index contributed by atoms with van der Waals surface area (Å²) < 4.78 is 10.2. The number of benzene rings is 1. The van der Waals surface area contributed by atoms with Gasteiger partial charge in [-0.3, -0.25) is 9.59 Å². The average molecular weight is 304 g/mol. The van der Waals surface area contributed by atoms with Gasteiger partial charge in [0.2, 0.25) is 0 Å². The van der Waals surface area contributed by atoms with Crippen molar-refractivity contribution >= 4 is 17.5 Å². The summed E-state index contributed by atoms with van der Waals surface area (Å²) in [4.78, 5) is 24.6.